The highest BCUT2D eigenvalue weighted by Crippen LogP contribution is 2.23. The van der Waals surface area contributed by atoms with Crippen LogP contribution in [0, 0.1) is 0 Å². The van der Waals surface area contributed by atoms with Crippen molar-refractivity contribution in [3.63, 3.8) is 0 Å². The van der Waals surface area contributed by atoms with Crippen molar-refractivity contribution in [3.05, 3.63) is 28.9 Å². The van der Waals surface area contributed by atoms with Crippen LogP contribution in [0.3, 0.4) is 0 Å². The van der Waals surface area contributed by atoms with E-state index in [4.69, 9.17) is 15.9 Å². The number of likely N-dealkylation sites (tertiary alicyclic amines) is 1. The Morgan fingerprint density at radius 1 is 1.29 bits per heavy atom. The molecule has 0 aliphatic carbocycles. The van der Waals surface area contributed by atoms with Gasteiger partial charge in [0.15, 0.2) is 11.2 Å². The number of thiazole rings is 1. The van der Waals surface area contributed by atoms with Gasteiger partial charge < -0.3 is 21.3 Å². The molecule has 0 bridgehead atoms. The first-order chi connectivity index (χ1) is 13.2. The SMILES string of the molecule is Nc1nc(/C(=C/CC(=O)O)C(=O)NC2C(=O)N(C(=CCS)C(=O)O)C2=O)cs1. The molecule has 0 spiro atoms. The van der Waals surface area contributed by atoms with Gasteiger partial charge in [-0.25, -0.2) is 14.7 Å². The van der Waals surface area contributed by atoms with Crippen LogP contribution in [0.15, 0.2) is 23.2 Å². The molecule has 1 aliphatic rings. The Morgan fingerprint density at radius 2 is 1.93 bits per heavy atom. The number of nitrogens with two attached hydrogens (primary N) is 1. The molecule has 0 saturated carbocycles. The van der Waals surface area contributed by atoms with Gasteiger partial charge in [0.05, 0.1) is 17.7 Å². The third-order valence-electron chi connectivity index (χ3n) is 3.48. The number of thiol groups is 1. The summed E-state index contributed by atoms with van der Waals surface area (Å²) in [4.78, 5) is 63.1. The zero-order valence-electron chi connectivity index (χ0n) is 14.0. The van der Waals surface area contributed by atoms with Crippen molar-refractivity contribution >= 4 is 64.3 Å². The summed E-state index contributed by atoms with van der Waals surface area (Å²) in [6, 6.07) is -1.60. The molecule has 5 N–H and O–H groups in total. The Kier molecular flexibility index (Phi) is 6.53. The standard InChI is InChI=1S/C15H14N4O7S2/c16-15-17-7(5-28-15)6(1-2-9(20)21)11(22)18-10-12(23)19(13(10)24)8(3-4-27)14(25)26/h1,3,5,10,27H,2,4H2,(H2,16,17)(H,18,22)(H,20,21)(H,25,26)/b6-1-,8-3?. The molecule has 11 nitrogen and oxygen atoms in total. The number of nitrogen functional groups attached to an aromatic ring is 1. The van der Waals surface area contributed by atoms with E-state index in [-0.39, 0.29) is 22.2 Å². The van der Waals surface area contributed by atoms with Crippen LogP contribution in [-0.4, -0.2) is 61.6 Å². The Labute approximate surface area is 166 Å². The summed E-state index contributed by atoms with van der Waals surface area (Å²) in [5.74, 6) is -5.54. The third-order valence-corrected chi connectivity index (χ3v) is 4.33. The summed E-state index contributed by atoms with van der Waals surface area (Å²) in [6.07, 6.45) is 1.63. The Morgan fingerprint density at radius 3 is 2.39 bits per heavy atom. The maximum atomic E-state index is 12.5. The van der Waals surface area contributed by atoms with E-state index in [9.17, 15) is 24.0 Å². The largest absolute Gasteiger partial charge is 0.481 e. The molecule has 0 unspecified atom stereocenters. The van der Waals surface area contributed by atoms with Gasteiger partial charge in [-0.05, 0) is 6.08 Å². The van der Waals surface area contributed by atoms with Crippen molar-refractivity contribution in [2.75, 3.05) is 11.5 Å². The quantitative estimate of drug-likeness (QED) is 0.156. The van der Waals surface area contributed by atoms with Crippen LogP contribution in [0.1, 0.15) is 12.1 Å². The molecule has 1 fully saturated rings. The van der Waals surface area contributed by atoms with Crippen LogP contribution in [0.25, 0.3) is 5.57 Å². The second-order valence-electron chi connectivity index (χ2n) is 5.28. The summed E-state index contributed by atoms with van der Waals surface area (Å²) in [5.41, 5.74) is 4.85. The van der Waals surface area contributed by atoms with Crippen molar-refractivity contribution in [2.24, 2.45) is 0 Å². The minimum Gasteiger partial charge on any atom is -0.481 e. The number of carboxylic acid groups (broad SMARTS) is 2. The number of carbonyl (C=O) groups excluding carboxylic acids is 3. The number of amides is 3. The van der Waals surface area contributed by atoms with E-state index >= 15 is 0 Å². The third kappa shape index (κ3) is 4.37. The fourth-order valence-electron chi connectivity index (χ4n) is 2.25. The molecule has 1 saturated heterocycles. The molecule has 2 heterocycles. The number of carboxylic acids is 2. The van der Waals surface area contributed by atoms with Gasteiger partial charge in [-0.3, -0.25) is 19.2 Å². The maximum absolute atomic E-state index is 12.5. The van der Waals surface area contributed by atoms with Gasteiger partial charge >= 0.3 is 11.9 Å². The number of hydrogen-bond donors (Lipinski definition) is 5. The van der Waals surface area contributed by atoms with Gasteiger partial charge in [0, 0.05) is 11.1 Å². The topological polar surface area (TPSA) is 180 Å². The number of rotatable bonds is 8. The fourth-order valence-corrected chi connectivity index (χ4v) is 2.99. The zero-order valence-corrected chi connectivity index (χ0v) is 15.7. The Hall–Kier alpha value is -3.19. The number of anilines is 1. The van der Waals surface area contributed by atoms with Gasteiger partial charge in [-0.2, -0.15) is 12.6 Å². The lowest BCUT2D eigenvalue weighted by Crippen LogP contribution is -2.68. The van der Waals surface area contributed by atoms with E-state index in [0.29, 0.717) is 4.90 Å². The van der Waals surface area contributed by atoms with E-state index in [1.54, 1.807) is 0 Å². The number of nitrogens with one attached hydrogen (secondary N) is 1. The summed E-state index contributed by atoms with van der Waals surface area (Å²) in [5, 5.41) is 21.6. The van der Waals surface area contributed by atoms with E-state index in [0.717, 1.165) is 23.5 Å². The number of aliphatic carboxylic acids is 2. The predicted molar refractivity (Wildman–Crippen MR) is 100 cm³/mol. The number of β-lactam (4-membered cyclic amide) rings is 2. The van der Waals surface area contributed by atoms with Crippen LogP contribution in [0.5, 0.6) is 0 Å². The molecule has 1 aromatic heterocycles. The lowest BCUT2D eigenvalue weighted by atomic mass is 10.0. The fraction of sp³-hybridized carbons (Fsp3) is 0.200. The highest BCUT2D eigenvalue weighted by molar-refractivity contribution is 7.80. The second-order valence-corrected chi connectivity index (χ2v) is 6.54. The van der Waals surface area contributed by atoms with Crippen molar-refractivity contribution < 1.29 is 34.2 Å². The maximum Gasteiger partial charge on any atom is 0.352 e. The lowest BCUT2D eigenvalue weighted by Gasteiger charge is -2.36. The number of imide groups is 1. The number of carbonyl (C=O) groups is 5. The van der Waals surface area contributed by atoms with E-state index in [1.165, 1.54) is 5.38 Å². The predicted octanol–water partition coefficient (Wildman–Crippen LogP) is -0.665. The van der Waals surface area contributed by atoms with Gasteiger partial charge in [-0.1, -0.05) is 6.08 Å². The summed E-state index contributed by atoms with van der Waals surface area (Å²) >= 11 is 4.84. The first-order valence-corrected chi connectivity index (χ1v) is 9.04. The average molecular weight is 426 g/mol. The molecule has 3 amide bonds. The molecular weight excluding hydrogens is 412 g/mol. The molecule has 28 heavy (non-hydrogen) atoms. The molecule has 0 aromatic carbocycles. The molecule has 1 aliphatic heterocycles. The van der Waals surface area contributed by atoms with Crippen LogP contribution < -0.4 is 11.1 Å². The minimum atomic E-state index is -1.60. The molecule has 2 rings (SSSR count). The summed E-state index contributed by atoms with van der Waals surface area (Å²) in [7, 11) is 0. The number of hydrogen-bond acceptors (Lipinski definition) is 9. The first kappa shape index (κ1) is 21.1. The normalized spacial score (nSPS) is 15.4. The molecule has 148 valence electrons. The monoisotopic (exact) mass is 426 g/mol. The molecule has 0 radical (unpaired) electrons. The molecule has 13 heteroatoms. The first-order valence-electron chi connectivity index (χ1n) is 7.53. The average Bonchev–Trinajstić information content (AvgIpc) is 3.05. The number of aromatic nitrogens is 1. The number of nitrogens with zero attached hydrogens (tertiary/aromatic N) is 2. The molecular formula is C15H14N4O7S2. The second kappa shape index (κ2) is 8.67. The Balaban J connectivity index is 2.20. The summed E-state index contributed by atoms with van der Waals surface area (Å²) in [6.45, 7) is 0. The molecule has 0 atom stereocenters. The summed E-state index contributed by atoms with van der Waals surface area (Å²) < 4.78 is 0. The van der Waals surface area contributed by atoms with Crippen LogP contribution in [-0.2, 0) is 24.0 Å². The van der Waals surface area contributed by atoms with Gasteiger partial charge in [0.1, 0.15) is 5.70 Å². The van der Waals surface area contributed by atoms with Crippen molar-refractivity contribution in [1.29, 1.82) is 0 Å². The highest BCUT2D eigenvalue weighted by Gasteiger charge is 2.51. The smallest absolute Gasteiger partial charge is 0.352 e. The van der Waals surface area contributed by atoms with Crippen molar-refractivity contribution in [2.45, 2.75) is 12.5 Å². The highest BCUT2D eigenvalue weighted by atomic mass is 32.1. The van der Waals surface area contributed by atoms with Crippen LogP contribution in [0.2, 0.25) is 0 Å². The Bertz CT molecular complexity index is 905. The van der Waals surface area contributed by atoms with Gasteiger partial charge in [0.2, 0.25) is 0 Å². The van der Waals surface area contributed by atoms with E-state index in [1.807, 2.05) is 0 Å². The lowest BCUT2D eigenvalue weighted by molar-refractivity contribution is -0.162. The van der Waals surface area contributed by atoms with E-state index < -0.39 is 47.8 Å². The van der Waals surface area contributed by atoms with Crippen LogP contribution in [0.4, 0.5) is 5.13 Å². The zero-order chi connectivity index (χ0) is 21.0. The van der Waals surface area contributed by atoms with Crippen LogP contribution >= 0.6 is 24.0 Å². The van der Waals surface area contributed by atoms with Gasteiger partial charge in [-0.15, -0.1) is 11.3 Å². The van der Waals surface area contributed by atoms with E-state index in [2.05, 4.69) is 22.9 Å². The van der Waals surface area contributed by atoms with Crippen molar-refractivity contribution in [3.8, 4) is 0 Å². The van der Waals surface area contributed by atoms with Gasteiger partial charge in [0.25, 0.3) is 17.7 Å². The molecule has 1 aromatic rings. The van der Waals surface area contributed by atoms with Crippen molar-refractivity contribution in [1.82, 2.24) is 15.2 Å². The minimum absolute atomic E-state index is 0.0248.